The average molecular weight is 187 g/mol. The summed E-state index contributed by atoms with van der Waals surface area (Å²) in [4.78, 5) is 5.20. The SMILES string of the molecule is CC(=S)c1cnc2ccccc2c1. The van der Waals surface area contributed by atoms with Crippen LogP contribution in [0, 0.1) is 0 Å². The molecule has 1 heterocycles. The first-order valence-electron chi connectivity index (χ1n) is 4.13. The molecule has 0 unspecified atom stereocenters. The lowest BCUT2D eigenvalue weighted by Gasteiger charge is -1.99. The van der Waals surface area contributed by atoms with Crippen molar-refractivity contribution < 1.29 is 0 Å². The first kappa shape index (κ1) is 8.32. The maximum Gasteiger partial charge on any atom is 0.0702 e. The minimum absolute atomic E-state index is 0.887. The van der Waals surface area contributed by atoms with Crippen molar-refractivity contribution in [2.75, 3.05) is 0 Å². The van der Waals surface area contributed by atoms with Crippen LogP contribution in [0.1, 0.15) is 12.5 Å². The van der Waals surface area contributed by atoms with E-state index in [4.69, 9.17) is 12.2 Å². The monoisotopic (exact) mass is 187 g/mol. The second kappa shape index (κ2) is 3.23. The van der Waals surface area contributed by atoms with Gasteiger partial charge < -0.3 is 0 Å². The summed E-state index contributed by atoms with van der Waals surface area (Å²) in [7, 11) is 0. The Hall–Kier alpha value is -1.28. The summed E-state index contributed by atoms with van der Waals surface area (Å²) in [5.41, 5.74) is 2.05. The van der Waals surface area contributed by atoms with Gasteiger partial charge >= 0.3 is 0 Å². The van der Waals surface area contributed by atoms with Gasteiger partial charge in [0.2, 0.25) is 0 Å². The molecule has 0 N–H and O–H groups in total. The average Bonchev–Trinajstić information content (AvgIpc) is 2.17. The fourth-order valence-electron chi connectivity index (χ4n) is 1.26. The largest absolute Gasteiger partial charge is 0.256 e. The molecule has 0 aliphatic carbocycles. The van der Waals surface area contributed by atoms with Gasteiger partial charge in [0.1, 0.15) is 0 Å². The molecular weight excluding hydrogens is 178 g/mol. The molecule has 0 atom stereocenters. The van der Waals surface area contributed by atoms with Gasteiger partial charge in [0.25, 0.3) is 0 Å². The molecule has 1 aromatic carbocycles. The number of benzene rings is 1. The molecule has 0 radical (unpaired) electrons. The van der Waals surface area contributed by atoms with Crippen molar-refractivity contribution >= 4 is 28.0 Å². The van der Waals surface area contributed by atoms with Crippen LogP contribution in [0.5, 0.6) is 0 Å². The summed E-state index contributed by atoms with van der Waals surface area (Å²) in [5, 5.41) is 1.14. The van der Waals surface area contributed by atoms with Crippen molar-refractivity contribution in [2.45, 2.75) is 6.92 Å². The van der Waals surface area contributed by atoms with Gasteiger partial charge in [-0.2, -0.15) is 0 Å². The molecule has 0 saturated carbocycles. The summed E-state index contributed by atoms with van der Waals surface area (Å²) in [6, 6.07) is 10.1. The lowest BCUT2D eigenvalue weighted by atomic mass is 10.1. The normalized spacial score (nSPS) is 10.2. The van der Waals surface area contributed by atoms with E-state index in [2.05, 4.69) is 11.1 Å². The van der Waals surface area contributed by atoms with E-state index in [1.807, 2.05) is 37.4 Å². The minimum Gasteiger partial charge on any atom is -0.256 e. The van der Waals surface area contributed by atoms with Crippen molar-refractivity contribution in [2.24, 2.45) is 0 Å². The van der Waals surface area contributed by atoms with Crippen molar-refractivity contribution in [1.82, 2.24) is 4.98 Å². The van der Waals surface area contributed by atoms with Crippen LogP contribution in [0.3, 0.4) is 0 Å². The molecule has 0 bridgehead atoms. The van der Waals surface area contributed by atoms with Crippen molar-refractivity contribution in [3.8, 4) is 0 Å². The third-order valence-electron chi connectivity index (χ3n) is 2.00. The lowest BCUT2D eigenvalue weighted by Crippen LogP contribution is -1.91. The molecule has 0 amide bonds. The van der Waals surface area contributed by atoms with Crippen LogP contribution in [0.25, 0.3) is 10.9 Å². The van der Waals surface area contributed by atoms with Gasteiger partial charge in [0.05, 0.1) is 5.52 Å². The molecule has 0 fully saturated rings. The molecule has 1 nitrogen and oxygen atoms in total. The van der Waals surface area contributed by atoms with Gasteiger partial charge in [-0.15, -0.1) is 0 Å². The number of fused-ring (bicyclic) bond motifs is 1. The van der Waals surface area contributed by atoms with E-state index in [1.54, 1.807) is 0 Å². The first-order valence-corrected chi connectivity index (χ1v) is 4.54. The summed E-state index contributed by atoms with van der Waals surface area (Å²) in [6.45, 7) is 1.92. The third kappa shape index (κ3) is 1.58. The van der Waals surface area contributed by atoms with Gasteiger partial charge in [-0.05, 0) is 19.1 Å². The van der Waals surface area contributed by atoms with Crippen LogP contribution < -0.4 is 0 Å². The Morgan fingerprint density at radius 2 is 2.08 bits per heavy atom. The molecule has 64 valence electrons. The summed E-state index contributed by atoms with van der Waals surface area (Å²) in [6.07, 6.45) is 1.82. The minimum atomic E-state index is 0.887. The van der Waals surface area contributed by atoms with Crippen molar-refractivity contribution in [3.05, 3.63) is 42.1 Å². The number of hydrogen-bond donors (Lipinski definition) is 0. The number of thiocarbonyl (C=S) groups is 1. The van der Waals surface area contributed by atoms with Crippen molar-refractivity contribution in [3.63, 3.8) is 0 Å². The van der Waals surface area contributed by atoms with Gasteiger partial charge in [-0.1, -0.05) is 30.4 Å². The Labute approximate surface area is 82.4 Å². The maximum absolute atomic E-state index is 5.08. The van der Waals surface area contributed by atoms with E-state index in [1.165, 1.54) is 0 Å². The van der Waals surface area contributed by atoms with E-state index in [-0.39, 0.29) is 0 Å². The van der Waals surface area contributed by atoms with Crippen LogP contribution in [-0.2, 0) is 0 Å². The predicted molar refractivity (Wildman–Crippen MR) is 59.1 cm³/mol. The van der Waals surface area contributed by atoms with E-state index >= 15 is 0 Å². The molecule has 2 heteroatoms. The number of hydrogen-bond acceptors (Lipinski definition) is 2. The number of para-hydroxylation sites is 1. The molecule has 0 aliphatic rings. The molecule has 2 rings (SSSR count). The zero-order valence-corrected chi connectivity index (χ0v) is 8.14. The number of pyridine rings is 1. The fraction of sp³-hybridized carbons (Fsp3) is 0.0909. The van der Waals surface area contributed by atoms with E-state index in [9.17, 15) is 0 Å². The van der Waals surface area contributed by atoms with Crippen LogP contribution >= 0.6 is 12.2 Å². The van der Waals surface area contributed by atoms with Crippen molar-refractivity contribution in [1.29, 1.82) is 0 Å². The Balaban J connectivity index is 2.69. The van der Waals surface area contributed by atoms with E-state index in [0.29, 0.717) is 0 Å². The van der Waals surface area contributed by atoms with Crippen LogP contribution in [0.15, 0.2) is 36.5 Å². The second-order valence-electron chi connectivity index (χ2n) is 2.97. The Morgan fingerprint density at radius 3 is 2.85 bits per heavy atom. The topological polar surface area (TPSA) is 12.9 Å². The highest BCUT2D eigenvalue weighted by Crippen LogP contribution is 2.12. The number of nitrogens with zero attached hydrogens (tertiary/aromatic N) is 1. The van der Waals surface area contributed by atoms with Crippen LogP contribution in [0.2, 0.25) is 0 Å². The summed E-state index contributed by atoms with van der Waals surface area (Å²) in [5.74, 6) is 0. The highest BCUT2D eigenvalue weighted by Gasteiger charge is 1.97. The Kier molecular flexibility index (Phi) is 2.07. The second-order valence-corrected chi connectivity index (χ2v) is 3.59. The highest BCUT2D eigenvalue weighted by molar-refractivity contribution is 7.80. The van der Waals surface area contributed by atoms with Crippen LogP contribution in [0.4, 0.5) is 0 Å². The Morgan fingerprint density at radius 1 is 1.31 bits per heavy atom. The standard InChI is InChI=1S/C11H9NS/c1-8(13)10-6-9-4-2-3-5-11(9)12-7-10/h2-7H,1H3. The molecule has 13 heavy (non-hydrogen) atoms. The summed E-state index contributed by atoms with van der Waals surface area (Å²) < 4.78 is 0. The summed E-state index contributed by atoms with van der Waals surface area (Å²) >= 11 is 5.08. The quantitative estimate of drug-likeness (QED) is 0.503. The van der Waals surface area contributed by atoms with Gasteiger partial charge in [0.15, 0.2) is 0 Å². The van der Waals surface area contributed by atoms with Crippen LogP contribution in [-0.4, -0.2) is 9.85 Å². The number of aromatic nitrogens is 1. The third-order valence-corrected chi connectivity index (χ3v) is 2.23. The van der Waals surface area contributed by atoms with Gasteiger partial charge in [-0.3, -0.25) is 4.98 Å². The molecule has 2 aromatic rings. The molecule has 0 aliphatic heterocycles. The maximum atomic E-state index is 5.08. The highest BCUT2D eigenvalue weighted by atomic mass is 32.1. The zero-order chi connectivity index (χ0) is 9.26. The molecular formula is C11H9NS. The van der Waals surface area contributed by atoms with E-state index in [0.717, 1.165) is 21.3 Å². The van der Waals surface area contributed by atoms with E-state index < -0.39 is 0 Å². The first-order chi connectivity index (χ1) is 6.27. The van der Waals surface area contributed by atoms with Gasteiger partial charge in [0, 0.05) is 22.0 Å². The predicted octanol–water partition coefficient (Wildman–Crippen LogP) is 2.97. The Bertz CT molecular complexity index is 462. The fourth-order valence-corrected chi connectivity index (χ4v) is 1.38. The molecule has 0 saturated heterocycles. The smallest absolute Gasteiger partial charge is 0.0702 e. The zero-order valence-electron chi connectivity index (χ0n) is 7.32. The van der Waals surface area contributed by atoms with Gasteiger partial charge in [-0.25, -0.2) is 0 Å². The number of rotatable bonds is 1. The molecule has 1 aromatic heterocycles. The molecule has 0 spiro atoms. The lowest BCUT2D eigenvalue weighted by molar-refractivity contribution is 1.40.